The summed E-state index contributed by atoms with van der Waals surface area (Å²) in [7, 11) is -1.13. The van der Waals surface area contributed by atoms with E-state index in [9.17, 15) is 4.79 Å². The van der Waals surface area contributed by atoms with Crippen molar-refractivity contribution in [2.75, 3.05) is 32.8 Å². The average molecular weight is 617 g/mol. The van der Waals surface area contributed by atoms with Crippen LogP contribution in [0.2, 0.25) is 25.7 Å². The van der Waals surface area contributed by atoms with Crippen molar-refractivity contribution in [2.24, 2.45) is 0 Å². The van der Waals surface area contributed by atoms with Crippen LogP contribution in [0.25, 0.3) is 22.2 Å². The second-order valence-corrected chi connectivity index (χ2v) is 19.1. The van der Waals surface area contributed by atoms with E-state index in [0.717, 1.165) is 60.1 Å². The molecule has 1 saturated heterocycles. The predicted octanol–water partition coefficient (Wildman–Crippen LogP) is 6.65. The third-order valence-electron chi connectivity index (χ3n) is 7.31. The van der Waals surface area contributed by atoms with Crippen LogP contribution in [-0.4, -0.2) is 82.1 Å². The zero-order chi connectivity index (χ0) is 31.3. The van der Waals surface area contributed by atoms with E-state index in [2.05, 4.69) is 46.8 Å². The Labute approximate surface area is 261 Å². The van der Waals surface area contributed by atoms with E-state index >= 15 is 0 Å². The Morgan fingerprint density at radius 2 is 1.77 bits per heavy atom. The van der Waals surface area contributed by atoms with Crippen LogP contribution in [0.15, 0.2) is 60.9 Å². The zero-order valence-electron chi connectivity index (χ0n) is 26.7. The van der Waals surface area contributed by atoms with Crippen LogP contribution in [0, 0.1) is 0 Å². The summed E-state index contributed by atoms with van der Waals surface area (Å²) in [5.74, 6) is 1.21. The number of amides is 1. The van der Waals surface area contributed by atoms with Crippen molar-refractivity contribution in [1.29, 1.82) is 0 Å². The normalized spacial score (nSPS) is 14.6. The monoisotopic (exact) mass is 616 g/mol. The van der Waals surface area contributed by atoms with E-state index in [-0.39, 0.29) is 6.09 Å². The lowest BCUT2D eigenvalue weighted by Gasteiger charge is -2.35. The number of rotatable bonds is 10. The number of benzene rings is 1. The average Bonchev–Trinajstić information content (AvgIpc) is 3.43. The van der Waals surface area contributed by atoms with E-state index in [1.807, 2.05) is 61.9 Å². The molecule has 4 heterocycles. The Kier molecular flexibility index (Phi) is 9.67. The maximum Gasteiger partial charge on any atom is 0.410 e. The number of carbonyl (C=O) groups is 1. The number of ether oxygens (including phenoxy) is 3. The Morgan fingerprint density at radius 3 is 2.48 bits per heavy atom. The van der Waals surface area contributed by atoms with Crippen molar-refractivity contribution in [2.45, 2.75) is 65.3 Å². The summed E-state index contributed by atoms with van der Waals surface area (Å²) in [6.45, 7) is 17.5. The van der Waals surface area contributed by atoms with Gasteiger partial charge >= 0.3 is 6.09 Å². The summed E-state index contributed by atoms with van der Waals surface area (Å²) in [6.07, 6.45) is 3.34. The van der Waals surface area contributed by atoms with Gasteiger partial charge in [-0.2, -0.15) is 5.10 Å². The lowest BCUT2D eigenvalue weighted by molar-refractivity contribution is 0.0138. The molecule has 5 rings (SSSR count). The molecule has 234 valence electrons. The zero-order valence-corrected chi connectivity index (χ0v) is 27.7. The molecule has 0 unspecified atom stereocenters. The molecule has 1 amide bonds. The highest BCUT2D eigenvalue weighted by atomic mass is 28.3. The molecular formula is C33H44N6O4Si. The van der Waals surface area contributed by atoms with Gasteiger partial charge in [-0.25, -0.2) is 14.5 Å². The standard InChI is InChI=1S/C33H44N6O4Si/c1-33(2,3)43-32(40)38-17-15-37(16-18-38)23-27-9-7-25-21-28(10-11-29(25)36-27)42-31-12-8-26(22-34-31)30-13-14-35-39(30)24-41-19-20-44(4,5)6/h7-14,21-22H,15-20,23-24H2,1-6H3. The van der Waals surface area contributed by atoms with Gasteiger partial charge in [0.25, 0.3) is 0 Å². The molecule has 0 N–H and O–H groups in total. The molecule has 10 nitrogen and oxygen atoms in total. The van der Waals surface area contributed by atoms with Crippen LogP contribution >= 0.6 is 0 Å². The smallest absolute Gasteiger partial charge is 0.410 e. The highest BCUT2D eigenvalue weighted by molar-refractivity contribution is 6.76. The molecule has 1 fully saturated rings. The van der Waals surface area contributed by atoms with E-state index in [1.165, 1.54) is 0 Å². The van der Waals surface area contributed by atoms with Crippen LogP contribution < -0.4 is 4.74 Å². The molecule has 0 bridgehead atoms. The SMILES string of the molecule is CC(C)(C)OC(=O)N1CCN(Cc2ccc3cc(Oc4ccc(-c5ccnn5COCC[Si](C)(C)C)cn4)ccc3n2)CC1. The first kappa shape index (κ1) is 31.6. The number of piperazine rings is 1. The topological polar surface area (TPSA) is 94.8 Å². The molecule has 0 aliphatic carbocycles. The maximum absolute atomic E-state index is 12.4. The summed E-state index contributed by atoms with van der Waals surface area (Å²) in [4.78, 5) is 25.9. The van der Waals surface area contributed by atoms with Gasteiger partial charge in [-0.3, -0.25) is 9.88 Å². The van der Waals surface area contributed by atoms with Crippen molar-refractivity contribution in [3.05, 3.63) is 66.6 Å². The van der Waals surface area contributed by atoms with Gasteiger partial charge in [0.1, 0.15) is 18.1 Å². The minimum absolute atomic E-state index is 0.244. The molecule has 4 aromatic rings. The molecule has 11 heteroatoms. The van der Waals surface area contributed by atoms with Crippen LogP contribution in [0.3, 0.4) is 0 Å². The van der Waals surface area contributed by atoms with Gasteiger partial charge in [0.05, 0.1) is 16.9 Å². The van der Waals surface area contributed by atoms with Crippen LogP contribution in [-0.2, 0) is 22.7 Å². The Morgan fingerprint density at radius 1 is 0.977 bits per heavy atom. The van der Waals surface area contributed by atoms with Crippen molar-refractivity contribution in [3.63, 3.8) is 0 Å². The minimum Gasteiger partial charge on any atom is -0.444 e. The minimum atomic E-state index is -1.13. The number of pyridine rings is 2. The summed E-state index contributed by atoms with van der Waals surface area (Å²) < 4.78 is 19.3. The Hall–Kier alpha value is -3.80. The van der Waals surface area contributed by atoms with Gasteiger partial charge in [0.2, 0.25) is 5.88 Å². The van der Waals surface area contributed by atoms with Crippen molar-refractivity contribution in [3.8, 4) is 22.9 Å². The molecule has 1 aliphatic rings. The number of carbonyl (C=O) groups excluding carboxylic acids is 1. The molecule has 1 aliphatic heterocycles. The van der Waals surface area contributed by atoms with Crippen LogP contribution in [0.5, 0.6) is 11.6 Å². The summed E-state index contributed by atoms with van der Waals surface area (Å²) >= 11 is 0. The van der Waals surface area contributed by atoms with E-state index < -0.39 is 13.7 Å². The Balaban J connectivity index is 1.14. The summed E-state index contributed by atoms with van der Waals surface area (Å²) in [5.41, 5.74) is 3.32. The number of hydrogen-bond donors (Lipinski definition) is 0. The number of hydrogen-bond acceptors (Lipinski definition) is 8. The Bertz CT molecular complexity index is 1550. The maximum atomic E-state index is 12.4. The first-order valence-corrected chi connectivity index (χ1v) is 19.0. The van der Waals surface area contributed by atoms with Gasteiger partial charge < -0.3 is 19.1 Å². The second kappa shape index (κ2) is 13.5. The van der Waals surface area contributed by atoms with Crippen LogP contribution in [0.4, 0.5) is 4.79 Å². The number of nitrogens with zero attached hydrogens (tertiary/aromatic N) is 6. The number of aromatic nitrogens is 4. The molecule has 0 spiro atoms. The van der Waals surface area contributed by atoms with Gasteiger partial charge in [-0.1, -0.05) is 25.7 Å². The molecule has 44 heavy (non-hydrogen) atoms. The van der Waals surface area contributed by atoms with E-state index in [4.69, 9.17) is 19.2 Å². The summed E-state index contributed by atoms with van der Waals surface area (Å²) in [5, 5.41) is 5.42. The van der Waals surface area contributed by atoms with Crippen LogP contribution in [0.1, 0.15) is 26.5 Å². The third kappa shape index (κ3) is 8.87. The van der Waals surface area contributed by atoms with Gasteiger partial charge in [-0.15, -0.1) is 0 Å². The molecule has 3 aromatic heterocycles. The highest BCUT2D eigenvalue weighted by Crippen LogP contribution is 2.26. The molecule has 1 aromatic carbocycles. The predicted molar refractivity (Wildman–Crippen MR) is 174 cm³/mol. The fraction of sp³-hybridized carbons (Fsp3) is 0.455. The van der Waals surface area contributed by atoms with Crippen molar-refractivity contribution in [1.82, 2.24) is 29.5 Å². The molecular weight excluding hydrogens is 572 g/mol. The second-order valence-electron chi connectivity index (χ2n) is 13.5. The number of fused-ring (bicyclic) bond motifs is 1. The van der Waals surface area contributed by atoms with Crippen molar-refractivity contribution >= 4 is 25.1 Å². The third-order valence-corrected chi connectivity index (χ3v) is 9.01. The van der Waals surface area contributed by atoms with Crippen molar-refractivity contribution < 1.29 is 19.0 Å². The van der Waals surface area contributed by atoms with Gasteiger partial charge in [0.15, 0.2) is 0 Å². The quantitative estimate of drug-likeness (QED) is 0.144. The van der Waals surface area contributed by atoms with E-state index in [1.54, 1.807) is 17.3 Å². The molecule has 0 atom stereocenters. The fourth-order valence-electron chi connectivity index (χ4n) is 4.86. The molecule has 0 radical (unpaired) electrons. The molecule has 0 saturated carbocycles. The van der Waals surface area contributed by atoms with Gasteiger partial charge in [-0.05, 0) is 63.2 Å². The summed E-state index contributed by atoms with van der Waals surface area (Å²) in [6, 6.07) is 16.9. The first-order valence-electron chi connectivity index (χ1n) is 15.3. The fourth-order valence-corrected chi connectivity index (χ4v) is 5.62. The largest absolute Gasteiger partial charge is 0.444 e. The van der Waals surface area contributed by atoms with Gasteiger partial charge in [0, 0.05) is 76.8 Å². The lowest BCUT2D eigenvalue weighted by atomic mass is 10.2. The highest BCUT2D eigenvalue weighted by Gasteiger charge is 2.26. The van der Waals surface area contributed by atoms with E-state index in [0.29, 0.717) is 31.4 Å². The lowest BCUT2D eigenvalue weighted by Crippen LogP contribution is -2.49. The first-order chi connectivity index (χ1) is 20.9.